The van der Waals surface area contributed by atoms with E-state index in [1.54, 1.807) is 6.33 Å². The van der Waals surface area contributed by atoms with Crippen molar-refractivity contribution in [2.24, 2.45) is 5.73 Å². The first-order valence-electron chi connectivity index (χ1n) is 4.58. The van der Waals surface area contributed by atoms with Crippen molar-refractivity contribution >= 4 is 5.57 Å². The number of nitrogens with zero attached hydrogens (tertiary/aromatic N) is 2. The molecule has 0 fully saturated rings. The molecule has 68 valence electrons. The molecule has 13 heavy (non-hydrogen) atoms. The normalized spacial score (nSPS) is 22.5. The van der Waals surface area contributed by atoms with E-state index in [-0.39, 0.29) is 6.04 Å². The van der Waals surface area contributed by atoms with Crippen LogP contribution in [0.5, 0.6) is 0 Å². The Labute approximate surface area is 77.7 Å². The summed E-state index contributed by atoms with van der Waals surface area (Å²) in [6.07, 6.45) is 10.7. The summed E-state index contributed by atoms with van der Waals surface area (Å²) in [7, 11) is 0. The highest BCUT2D eigenvalue weighted by Gasteiger charge is 2.11. The minimum absolute atomic E-state index is 0.212. The Morgan fingerprint density at radius 3 is 2.77 bits per heavy atom. The number of allylic oxidation sites excluding steroid dienone is 1. The van der Waals surface area contributed by atoms with Crippen LogP contribution in [-0.2, 0) is 0 Å². The van der Waals surface area contributed by atoms with Crippen molar-refractivity contribution in [1.29, 1.82) is 0 Å². The van der Waals surface area contributed by atoms with Gasteiger partial charge in [-0.1, -0.05) is 6.08 Å². The van der Waals surface area contributed by atoms with Crippen LogP contribution in [0.25, 0.3) is 5.57 Å². The summed E-state index contributed by atoms with van der Waals surface area (Å²) < 4.78 is 0. The van der Waals surface area contributed by atoms with Gasteiger partial charge < -0.3 is 5.73 Å². The van der Waals surface area contributed by atoms with Gasteiger partial charge in [0.15, 0.2) is 0 Å². The van der Waals surface area contributed by atoms with Gasteiger partial charge in [0.25, 0.3) is 0 Å². The standard InChI is InChI=1S/C10H13N3/c11-10-3-1-2-8(4-10)9-5-12-7-13-6-9/h4-7,10H,1-3,11H2. The smallest absolute Gasteiger partial charge is 0.115 e. The van der Waals surface area contributed by atoms with Gasteiger partial charge in [0.1, 0.15) is 6.33 Å². The van der Waals surface area contributed by atoms with Gasteiger partial charge >= 0.3 is 0 Å². The molecule has 0 saturated heterocycles. The predicted molar refractivity (Wildman–Crippen MR) is 51.8 cm³/mol. The van der Waals surface area contributed by atoms with Gasteiger partial charge in [-0.15, -0.1) is 0 Å². The number of aromatic nitrogens is 2. The molecule has 0 radical (unpaired) electrons. The Kier molecular flexibility index (Phi) is 2.36. The van der Waals surface area contributed by atoms with Crippen LogP contribution in [0.2, 0.25) is 0 Å². The van der Waals surface area contributed by atoms with Crippen LogP contribution >= 0.6 is 0 Å². The average molecular weight is 175 g/mol. The van der Waals surface area contributed by atoms with Gasteiger partial charge in [0, 0.05) is 24.0 Å². The lowest BCUT2D eigenvalue weighted by molar-refractivity contribution is 0.654. The highest BCUT2D eigenvalue weighted by Crippen LogP contribution is 2.24. The molecule has 1 unspecified atom stereocenters. The van der Waals surface area contributed by atoms with Gasteiger partial charge in [0.05, 0.1) is 0 Å². The van der Waals surface area contributed by atoms with E-state index in [1.807, 2.05) is 12.4 Å². The van der Waals surface area contributed by atoms with E-state index >= 15 is 0 Å². The van der Waals surface area contributed by atoms with E-state index in [9.17, 15) is 0 Å². The molecule has 1 aliphatic rings. The van der Waals surface area contributed by atoms with Gasteiger partial charge in [-0.05, 0) is 24.8 Å². The average Bonchev–Trinajstić information content (AvgIpc) is 2.19. The van der Waals surface area contributed by atoms with Crippen molar-refractivity contribution in [2.75, 3.05) is 0 Å². The summed E-state index contributed by atoms with van der Waals surface area (Å²) in [5, 5.41) is 0. The van der Waals surface area contributed by atoms with Gasteiger partial charge in [-0.3, -0.25) is 0 Å². The summed E-state index contributed by atoms with van der Waals surface area (Å²) in [5.74, 6) is 0. The second kappa shape index (κ2) is 3.66. The molecule has 1 atom stereocenters. The summed E-state index contributed by atoms with van der Waals surface area (Å²) >= 11 is 0. The van der Waals surface area contributed by atoms with Gasteiger partial charge in [0.2, 0.25) is 0 Å². The fourth-order valence-electron chi connectivity index (χ4n) is 1.66. The molecular weight excluding hydrogens is 162 g/mol. The first kappa shape index (κ1) is 8.38. The van der Waals surface area contributed by atoms with E-state index in [0.29, 0.717) is 0 Å². The number of hydrogen-bond acceptors (Lipinski definition) is 3. The van der Waals surface area contributed by atoms with E-state index in [0.717, 1.165) is 18.4 Å². The van der Waals surface area contributed by atoms with Crippen LogP contribution in [0.1, 0.15) is 24.8 Å². The second-order valence-electron chi connectivity index (χ2n) is 3.38. The molecule has 0 amide bonds. The largest absolute Gasteiger partial charge is 0.324 e. The predicted octanol–water partition coefficient (Wildman–Crippen LogP) is 1.37. The van der Waals surface area contributed by atoms with Crippen molar-refractivity contribution in [2.45, 2.75) is 25.3 Å². The maximum Gasteiger partial charge on any atom is 0.115 e. The molecule has 1 aromatic heterocycles. The van der Waals surface area contributed by atoms with Crippen LogP contribution < -0.4 is 5.73 Å². The molecule has 1 aliphatic carbocycles. The minimum atomic E-state index is 0.212. The van der Waals surface area contributed by atoms with E-state index < -0.39 is 0 Å². The molecular formula is C10H13N3. The molecule has 3 nitrogen and oxygen atoms in total. The molecule has 2 rings (SSSR count). The maximum atomic E-state index is 5.85. The minimum Gasteiger partial charge on any atom is -0.324 e. The van der Waals surface area contributed by atoms with E-state index in [2.05, 4.69) is 16.0 Å². The molecule has 0 saturated carbocycles. The Morgan fingerprint density at radius 2 is 2.08 bits per heavy atom. The fraction of sp³-hybridized carbons (Fsp3) is 0.400. The molecule has 2 N–H and O–H groups in total. The lowest BCUT2D eigenvalue weighted by Crippen LogP contribution is -2.20. The SMILES string of the molecule is NC1C=C(c2cncnc2)CCC1. The quantitative estimate of drug-likeness (QED) is 0.701. The van der Waals surface area contributed by atoms with Crippen LogP contribution in [0.4, 0.5) is 0 Å². The fourth-order valence-corrected chi connectivity index (χ4v) is 1.66. The van der Waals surface area contributed by atoms with Crippen molar-refractivity contribution in [1.82, 2.24) is 9.97 Å². The van der Waals surface area contributed by atoms with Crippen molar-refractivity contribution in [3.05, 3.63) is 30.4 Å². The molecule has 1 aromatic rings. The summed E-state index contributed by atoms with van der Waals surface area (Å²) in [6.45, 7) is 0. The molecule has 3 heteroatoms. The van der Waals surface area contributed by atoms with Crippen molar-refractivity contribution in [3.63, 3.8) is 0 Å². The third kappa shape index (κ3) is 1.92. The van der Waals surface area contributed by atoms with Crippen LogP contribution in [0.15, 0.2) is 24.8 Å². The third-order valence-electron chi connectivity index (χ3n) is 2.33. The van der Waals surface area contributed by atoms with Crippen LogP contribution in [-0.4, -0.2) is 16.0 Å². The lowest BCUT2D eigenvalue weighted by atomic mass is 9.93. The number of rotatable bonds is 1. The van der Waals surface area contributed by atoms with Gasteiger partial charge in [-0.2, -0.15) is 0 Å². The van der Waals surface area contributed by atoms with E-state index in [1.165, 1.54) is 12.0 Å². The van der Waals surface area contributed by atoms with E-state index in [4.69, 9.17) is 5.73 Å². The summed E-state index contributed by atoms with van der Waals surface area (Å²) in [5.41, 5.74) is 8.25. The second-order valence-corrected chi connectivity index (χ2v) is 3.38. The Bertz CT molecular complexity index is 305. The summed E-state index contributed by atoms with van der Waals surface area (Å²) in [6, 6.07) is 0.212. The Morgan fingerprint density at radius 1 is 1.31 bits per heavy atom. The zero-order valence-electron chi connectivity index (χ0n) is 7.48. The van der Waals surface area contributed by atoms with Gasteiger partial charge in [-0.25, -0.2) is 9.97 Å². The highest BCUT2D eigenvalue weighted by atomic mass is 14.8. The number of hydrogen-bond donors (Lipinski definition) is 1. The Hall–Kier alpha value is -1.22. The topological polar surface area (TPSA) is 51.8 Å². The van der Waals surface area contributed by atoms with Crippen molar-refractivity contribution < 1.29 is 0 Å². The third-order valence-corrected chi connectivity index (χ3v) is 2.33. The highest BCUT2D eigenvalue weighted by molar-refractivity contribution is 5.65. The number of nitrogens with two attached hydrogens (primary N) is 1. The zero-order chi connectivity index (χ0) is 9.10. The zero-order valence-corrected chi connectivity index (χ0v) is 7.48. The molecule has 0 spiro atoms. The maximum absolute atomic E-state index is 5.85. The van der Waals surface area contributed by atoms with Crippen LogP contribution in [0.3, 0.4) is 0 Å². The first-order valence-corrected chi connectivity index (χ1v) is 4.58. The lowest BCUT2D eigenvalue weighted by Gasteiger charge is -2.17. The monoisotopic (exact) mass is 175 g/mol. The molecule has 0 bridgehead atoms. The summed E-state index contributed by atoms with van der Waals surface area (Å²) in [4.78, 5) is 7.98. The Balaban J connectivity index is 2.26. The molecule has 0 aromatic carbocycles. The van der Waals surface area contributed by atoms with Crippen LogP contribution in [0, 0.1) is 0 Å². The molecule has 1 heterocycles. The van der Waals surface area contributed by atoms with Crippen molar-refractivity contribution in [3.8, 4) is 0 Å². The first-order chi connectivity index (χ1) is 6.36. The molecule has 0 aliphatic heterocycles.